The molecule has 0 saturated carbocycles. The molecule has 0 aromatic carbocycles. The van der Waals surface area contributed by atoms with Gasteiger partial charge in [0.2, 0.25) is 0 Å². The normalized spacial score (nSPS) is 13.6. The number of hydrogen-bond donors (Lipinski definition) is 2. The zero-order valence-electron chi connectivity index (χ0n) is 9.46. The van der Waals surface area contributed by atoms with E-state index in [9.17, 15) is 5.11 Å². The Morgan fingerprint density at radius 1 is 1.38 bits per heavy atom. The van der Waals surface area contributed by atoms with Gasteiger partial charge in [0, 0.05) is 6.07 Å². The zero-order chi connectivity index (χ0) is 12.3. The van der Waals surface area contributed by atoms with Crippen LogP contribution < -0.4 is 5.32 Å². The smallest absolute Gasteiger partial charge is 0.174 e. The Kier molecular flexibility index (Phi) is 4.35. The molecule has 0 unspecified atom stereocenters. The molecule has 0 saturated heterocycles. The second-order valence-corrected chi connectivity index (χ2v) is 5.36. The number of nitrogens with zero attached hydrogens (tertiary/aromatic N) is 2. The minimum atomic E-state index is -0.134. The summed E-state index contributed by atoms with van der Waals surface area (Å²) in [7, 11) is 0. The summed E-state index contributed by atoms with van der Waals surface area (Å²) in [5, 5.41) is 20.2. The molecule has 0 radical (unpaired) electrons. The predicted octanol–water partition coefficient (Wildman–Crippen LogP) is 2.60. The highest BCUT2D eigenvalue weighted by molar-refractivity contribution is 6.33. The van der Waals surface area contributed by atoms with Gasteiger partial charge in [-0.25, -0.2) is 0 Å². The van der Waals surface area contributed by atoms with Gasteiger partial charge in [-0.15, -0.1) is 10.2 Å². The third-order valence-electron chi connectivity index (χ3n) is 2.28. The Morgan fingerprint density at radius 2 is 2.00 bits per heavy atom. The molecule has 2 N–H and O–H groups in total. The van der Waals surface area contributed by atoms with Crippen LogP contribution in [0.25, 0.3) is 0 Å². The fourth-order valence-corrected chi connectivity index (χ4v) is 1.47. The maximum Gasteiger partial charge on any atom is 0.174 e. The average Bonchev–Trinajstić information content (AvgIpc) is 2.17. The van der Waals surface area contributed by atoms with Gasteiger partial charge in [-0.1, -0.05) is 44.0 Å². The standard InChI is InChI=1S/C10H15Cl2N3O/c1-10(2,3)7(5-16)13-6-4-8(11)14-15-9(6)12/h4,7,16H,5H2,1-3H3,(H,13,14)/t7-/m0/s1. The van der Waals surface area contributed by atoms with Gasteiger partial charge in [-0.2, -0.15) is 0 Å². The van der Waals surface area contributed by atoms with Crippen LogP contribution in [-0.4, -0.2) is 28.0 Å². The molecule has 1 heterocycles. The van der Waals surface area contributed by atoms with E-state index < -0.39 is 0 Å². The molecule has 4 nitrogen and oxygen atoms in total. The second kappa shape index (κ2) is 5.17. The van der Waals surface area contributed by atoms with Crippen LogP contribution in [0.3, 0.4) is 0 Å². The molecule has 1 rings (SSSR count). The number of aliphatic hydroxyl groups excluding tert-OH is 1. The molecule has 0 aliphatic heterocycles. The molecule has 0 spiro atoms. The molecule has 1 atom stereocenters. The van der Waals surface area contributed by atoms with E-state index in [1.165, 1.54) is 0 Å². The van der Waals surface area contributed by atoms with E-state index in [2.05, 4.69) is 15.5 Å². The lowest BCUT2D eigenvalue weighted by atomic mass is 9.87. The highest BCUT2D eigenvalue weighted by atomic mass is 35.5. The molecule has 0 bridgehead atoms. The second-order valence-electron chi connectivity index (χ2n) is 4.62. The number of hydrogen-bond acceptors (Lipinski definition) is 4. The number of aromatic nitrogens is 2. The minimum absolute atomic E-state index is 0.000227. The summed E-state index contributed by atoms with van der Waals surface area (Å²) >= 11 is 11.6. The summed E-state index contributed by atoms with van der Waals surface area (Å²) in [6.45, 7) is 6.06. The summed E-state index contributed by atoms with van der Waals surface area (Å²) in [5.41, 5.74) is 0.476. The zero-order valence-corrected chi connectivity index (χ0v) is 11.0. The van der Waals surface area contributed by atoms with Gasteiger partial charge >= 0.3 is 0 Å². The van der Waals surface area contributed by atoms with Crippen molar-refractivity contribution in [1.82, 2.24) is 10.2 Å². The number of rotatable bonds is 3. The first-order valence-electron chi connectivity index (χ1n) is 4.90. The Labute approximate surface area is 105 Å². The van der Waals surface area contributed by atoms with E-state index in [1.54, 1.807) is 6.07 Å². The van der Waals surface area contributed by atoms with Crippen molar-refractivity contribution in [3.8, 4) is 0 Å². The molecule has 6 heteroatoms. The van der Waals surface area contributed by atoms with Crippen molar-refractivity contribution in [2.75, 3.05) is 11.9 Å². The van der Waals surface area contributed by atoms with Crippen molar-refractivity contribution in [3.63, 3.8) is 0 Å². The van der Waals surface area contributed by atoms with Crippen LogP contribution in [0.1, 0.15) is 20.8 Å². The number of halogens is 2. The summed E-state index contributed by atoms with van der Waals surface area (Å²) in [5.74, 6) is 0. The largest absolute Gasteiger partial charge is 0.394 e. The van der Waals surface area contributed by atoms with E-state index >= 15 is 0 Å². The highest BCUT2D eigenvalue weighted by Gasteiger charge is 2.24. The molecule has 1 aromatic rings. The lowest BCUT2D eigenvalue weighted by molar-refractivity contribution is 0.202. The molecule has 0 amide bonds. The quantitative estimate of drug-likeness (QED) is 0.881. The molecule has 16 heavy (non-hydrogen) atoms. The first kappa shape index (κ1) is 13.5. The SMILES string of the molecule is CC(C)(C)[C@H](CO)Nc1cc(Cl)nnc1Cl. The molecule has 90 valence electrons. The number of anilines is 1. The first-order chi connectivity index (χ1) is 7.34. The topological polar surface area (TPSA) is 58.0 Å². The van der Waals surface area contributed by atoms with Crippen molar-refractivity contribution in [2.24, 2.45) is 5.41 Å². The van der Waals surface area contributed by atoms with Crippen molar-refractivity contribution in [1.29, 1.82) is 0 Å². The van der Waals surface area contributed by atoms with E-state index in [-0.39, 0.29) is 28.4 Å². The Morgan fingerprint density at radius 3 is 2.50 bits per heavy atom. The van der Waals surface area contributed by atoms with Gasteiger partial charge in [0.15, 0.2) is 10.3 Å². The third-order valence-corrected chi connectivity index (χ3v) is 2.74. The fraction of sp³-hybridized carbons (Fsp3) is 0.600. The monoisotopic (exact) mass is 263 g/mol. The van der Waals surface area contributed by atoms with Gasteiger partial charge in [-0.05, 0) is 5.41 Å². The van der Waals surface area contributed by atoms with Crippen LogP contribution in [0.5, 0.6) is 0 Å². The molecule has 0 fully saturated rings. The van der Waals surface area contributed by atoms with Crippen LogP contribution in [0, 0.1) is 5.41 Å². The van der Waals surface area contributed by atoms with Crippen molar-refractivity contribution in [3.05, 3.63) is 16.4 Å². The number of nitrogens with one attached hydrogen (secondary N) is 1. The summed E-state index contributed by atoms with van der Waals surface area (Å²) < 4.78 is 0. The van der Waals surface area contributed by atoms with Crippen LogP contribution in [-0.2, 0) is 0 Å². The Hall–Kier alpha value is -0.580. The van der Waals surface area contributed by atoms with Gasteiger partial charge in [0.05, 0.1) is 18.3 Å². The number of aliphatic hydroxyl groups is 1. The lowest BCUT2D eigenvalue weighted by Crippen LogP contribution is -2.37. The van der Waals surface area contributed by atoms with Gasteiger partial charge in [-0.3, -0.25) is 0 Å². The average molecular weight is 264 g/mol. The van der Waals surface area contributed by atoms with E-state index in [4.69, 9.17) is 23.2 Å². The molecule has 0 aliphatic rings. The maximum absolute atomic E-state index is 9.31. The lowest BCUT2D eigenvalue weighted by Gasteiger charge is -2.30. The van der Waals surface area contributed by atoms with Crippen LogP contribution in [0.15, 0.2) is 6.07 Å². The minimum Gasteiger partial charge on any atom is -0.394 e. The fourth-order valence-electron chi connectivity index (χ4n) is 1.18. The van der Waals surface area contributed by atoms with E-state index in [0.29, 0.717) is 5.69 Å². The van der Waals surface area contributed by atoms with Crippen LogP contribution >= 0.6 is 23.2 Å². The van der Waals surface area contributed by atoms with Crippen molar-refractivity contribution >= 4 is 28.9 Å². The summed E-state index contributed by atoms with van der Waals surface area (Å²) in [6.07, 6.45) is 0. The molecule has 1 aromatic heterocycles. The van der Waals surface area contributed by atoms with Gasteiger partial charge in [0.25, 0.3) is 0 Å². The van der Waals surface area contributed by atoms with Crippen LogP contribution in [0.4, 0.5) is 5.69 Å². The highest BCUT2D eigenvalue weighted by Crippen LogP contribution is 2.27. The first-order valence-corrected chi connectivity index (χ1v) is 5.66. The summed E-state index contributed by atoms with van der Waals surface area (Å²) in [4.78, 5) is 0. The van der Waals surface area contributed by atoms with E-state index in [1.807, 2.05) is 20.8 Å². The van der Waals surface area contributed by atoms with Crippen molar-refractivity contribution < 1.29 is 5.11 Å². The molecule has 0 aliphatic carbocycles. The predicted molar refractivity (Wildman–Crippen MR) is 66.0 cm³/mol. The summed E-state index contributed by atoms with van der Waals surface area (Å²) in [6, 6.07) is 1.45. The Bertz CT molecular complexity index is 366. The third kappa shape index (κ3) is 3.47. The van der Waals surface area contributed by atoms with Gasteiger partial charge < -0.3 is 10.4 Å². The molecular weight excluding hydrogens is 249 g/mol. The van der Waals surface area contributed by atoms with Gasteiger partial charge in [0.1, 0.15) is 0 Å². The molecular formula is C10H15Cl2N3O. The van der Waals surface area contributed by atoms with E-state index in [0.717, 1.165) is 0 Å². The maximum atomic E-state index is 9.31. The van der Waals surface area contributed by atoms with Crippen molar-refractivity contribution in [2.45, 2.75) is 26.8 Å². The van der Waals surface area contributed by atoms with Crippen LogP contribution in [0.2, 0.25) is 10.3 Å². The Balaban J connectivity index is 2.90.